The molecule has 0 fully saturated rings. The van der Waals surface area contributed by atoms with E-state index in [0.29, 0.717) is 11.4 Å². The fraction of sp³-hybridized carbons (Fsp3) is 0.0476. The third-order valence-electron chi connectivity index (χ3n) is 4.02. The van der Waals surface area contributed by atoms with Gasteiger partial charge in [0.2, 0.25) is 0 Å². The van der Waals surface area contributed by atoms with E-state index in [1.54, 1.807) is 30.5 Å². The van der Waals surface area contributed by atoms with Crippen molar-refractivity contribution >= 4 is 11.8 Å². The van der Waals surface area contributed by atoms with E-state index in [1.807, 2.05) is 18.2 Å². The molecule has 4 aromatic rings. The van der Waals surface area contributed by atoms with Crippen LogP contribution in [0.3, 0.4) is 0 Å². The average molecular weight is 379 g/mol. The average Bonchev–Trinajstić information content (AvgIpc) is 3.13. The number of hydrogen-bond donors (Lipinski definition) is 1. The number of nitrogens with zero attached hydrogens (tertiary/aromatic N) is 2. The number of thioether (sulfide) groups is 1. The predicted octanol–water partition coefficient (Wildman–Crippen LogP) is 5.71. The number of nitrogens with one attached hydrogen (secondary N) is 1. The van der Waals surface area contributed by atoms with Crippen LogP contribution < -0.4 is 0 Å². The fourth-order valence-electron chi connectivity index (χ4n) is 2.69. The summed E-state index contributed by atoms with van der Waals surface area (Å²) in [5, 5.41) is 0.722. The minimum atomic E-state index is -0.303. The maximum atomic E-state index is 13.3. The lowest BCUT2D eigenvalue weighted by molar-refractivity contribution is 0.627. The van der Waals surface area contributed by atoms with Crippen molar-refractivity contribution in [3.05, 3.63) is 90.3 Å². The monoisotopic (exact) mass is 379 g/mol. The van der Waals surface area contributed by atoms with Crippen molar-refractivity contribution in [2.75, 3.05) is 0 Å². The molecule has 2 heterocycles. The molecule has 6 heteroatoms. The smallest absolute Gasteiger partial charge is 0.166 e. The summed E-state index contributed by atoms with van der Waals surface area (Å²) in [5.74, 6) is 0.0637. The van der Waals surface area contributed by atoms with Gasteiger partial charge in [-0.1, -0.05) is 17.8 Å². The van der Waals surface area contributed by atoms with Crippen LogP contribution >= 0.6 is 11.8 Å². The molecule has 0 unspecified atom stereocenters. The Morgan fingerprint density at radius 2 is 1.48 bits per heavy atom. The summed E-state index contributed by atoms with van der Waals surface area (Å²) in [6.07, 6.45) is 1.76. The van der Waals surface area contributed by atoms with Crippen LogP contribution in [-0.4, -0.2) is 15.0 Å². The number of halogens is 2. The minimum Gasteiger partial charge on any atom is -0.332 e. The molecule has 2 aromatic heterocycles. The van der Waals surface area contributed by atoms with E-state index < -0.39 is 0 Å². The summed E-state index contributed by atoms with van der Waals surface area (Å²) in [6, 6.07) is 18.2. The quantitative estimate of drug-likeness (QED) is 0.452. The standard InChI is InChI=1S/C21H15F2N3S/c22-16-8-4-14(5-9-16)19-20(15-6-10-17(23)11-7-15)26-21(25-19)27-13-18-3-1-2-12-24-18/h1-12H,13H2,(H,25,26). The van der Waals surface area contributed by atoms with Gasteiger partial charge in [-0.3, -0.25) is 4.98 Å². The molecule has 0 spiro atoms. The molecule has 3 nitrogen and oxygen atoms in total. The largest absolute Gasteiger partial charge is 0.332 e. The summed E-state index contributed by atoms with van der Waals surface area (Å²) in [5.41, 5.74) is 4.02. The van der Waals surface area contributed by atoms with Gasteiger partial charge in [-0.25, -0.2) is 13.8 Å². The van der Waals surface area contributed by atoms with Crippen molar-refractivity contribution in [1.29, 1.82) is 0 Å². The van der Waals surface area contributed by atoms with E-state index in [1.165, 1.54) is 36.0 Å². The van der Waals surface area contributed by atoms with Gasteiger partial charge in [0, 0.05) is 23.1 Å². The lowest BCUT2D eigenvalue weighted by Gasteiger charge is -2.03. The summed E-state index contributed by atoms with van der Waals surface area (Å²) < 4.78 is 26.6. The van der Waals surface area contributed by atoms with E-state index in [-0.39, 0.29) is 11.6 Å². The van der Waals surface area contributed by atoms with Gasteiger partial charge in [-0.2, -0.15) is 0 Å². The lowest BCUT2D eigenvalue weighted by atomic mass is 10.1. The van der Waals surface area contributed by atoms with Crippen LogP contribution in [0.4, 0.5) is 8.78 Å². The van der Waals surface area contributed by atoms with Gasteiger partial charge in [-0.05, 0) is 60.7 Å². The minimum absolute atomic E-state index is 0.300. The Hall–Kier alpha value is -2.99. The zero-order valence-corrected chi connectivity index (χ0v) is 15.0. The molecule has 0 bridgehead atoms. The molecule has 1 N–H and O–H groups in total. The predicted molar refractivity (Wildman–Crippen MR) is 103 cm³/mol. The maximum absolute atomic E-state index is 13.3. The van der Waals surface area contributed by atoms with Crippen LogP contribution in [0.1, 0.15) is 5.69 Å². The van der Waals surface area contributed by atoms with E-state index in [9.17, 15) is 8.78 Å². The lowest BCUT2D eigenvalue weighted by Crippen LogP contribution is -1.85. The molecule has 4 rings (SSSR count). The van der Waals surface area contributed by atoms with E-state index in [0.717, 1.165) is 27.7 Å². The second-order valence-corrected chi connectivity index (χ2v) is 6.85. The number of imidazole rings is 1. The van der Waals surface area contributed by atoms with Crippen LogP contribution in [-0.2, 0) is 5.75 Å². The molecule has 0 aliphatic rings. The molecule has 0 saturated heterocycles. The highest BCUT2D eigenvalue weighted by atomic mass is 32.2. The molecule has 0 saturated carbocycles. The van der Waals surface area contributed by atoms with Crippen molar-refractivity contribution in [3.63, 3.8) is 0 Å². The van der Waals surface area contributed by atoms with Crippen LogP contribution in [0.2, 0.25) is 0 Å². The SMILES string of the molecule is Fc1ccc(-c2nc(SCc3ccccn3)[nH]c2-c2ccc(F)cc2)cc1. The Morgan fingerprint density at radius 3 is 2.11 bits per heavy atom. The van der Waals surface area contributed by atoms with Crippen molar-refractivity contribution in [2.24, 2.45) is 0 Å². The maximum Gasteiger partial charge on any atom is 0.166 e. The summed E-state index contributed by atoms with van der Waals surface area (Å²) in [6.45, 7) is 0. The van der Waals surface area contributed by atoms with Gasteiger partial charge < -0.3 is 4.98 Å². The zero-order chi connectivity index (χ0) is 18.6. The van der Waals surface area contributed by atoms with Crippen LogP contribution in [0.25, 0.3) is 22.5 Å². The molecule has 0 aliphatic heterocycles. The number of aromatic amines is 1. The number of pyridine rings is 1. The molecule has 0 amide bonds. The molecule has 0 radical (unpaired) electrons. The first-order valence-electron chi connectivity index (χ1n) is 8.33. The highest BCUT2D eigenvalue weighted by Crippen LogP contribution is 2.33. The van der Waals surface area contributed by atoms with Gasteiger partial charge >= 0.3 is 0 Å². The normalized spacial score (nSPS) is 10.9. The second kappa shape index (κ2) is 7.72. The fourth-order valence-corrected chi connectivity index (χ4v) is 3.47. The van der Waals surface area contributed by atoms with Crippen LogP contribution in [0.5, 0.6) is 0 Å². The number of aromatic nitrogens is 3. The Morgan fingerprint density at radius 1 is 0.815 bits per heavy atom. The molecule has 2 aromatic carbocycles. The molecule has 0 aliphatic carbocycles. The first kappa shape index (κ1) is 17.4. The van der Waals surface area contributed by atoms with Crippen molar-refractivity contribution in [1.82, 2.24) is 15.0 Å². The first-order chi connectivity index (χ1) is 13.2. The van der Waals surface area contributed by atoms with Crippen molar-refractivity contribution in [3.8, 4) is 22.5 Å². The molecular formula is C21H15F2N3S. The van der Waals surface area contributed by atoms with Gasteiger partial charge in [-0.15, -0.1) is 0 Å². The van der Waals surface area contributed by atoms with Crippen LogP contribution in [0, 0.1) is 11.6 Å². The number of rotatable bonds is 5. The Balaban J connectivity index is 1.70. The third kappa shape index (κ3) is 4.06. The van der Waals surface area contributed by atoms with Gasteiger partial charge in [0.05, 0.1) is 17.1 Å². The topological polar surface area (TPSA) is 41.6 Å². The van der Waals surface area contributed by atoms with Gasteiger partial charge in [0.25, 0.3) is 0 Å². The van der Waals surface area contributed by atoms with E-state index in [4.69, 9.17) is 0 Å². The highest BCUT2D eigenvalue weighted by molar-refractivity contribution is 7.98. The highest BCUT2D eigenvalue weighted by Gasteiger charge is 2.15. The van der Waals surface area contributed by atoms with Crippen LogP contribution in [0.15, 0.2) is 78.1 Å². The molecule has 27 heavy (non-hydrogen) atoms. The summed E-state index contributed by atoms with van der Waals surface area (Å²) in [4.78, 5) is 12.3. The number of H-pyrrole nitrogens is 1. The Bertz CT molecular complexity index is 966. The van der Waals surface area contributed by atoms with E-state index >= 15 is 0 Å². The summed E-state index contributed by atoms with van der Waals surface area (Å²) >= 11 is 1.53. The van der Waals surface area contributed by atoms with E-state index in [2.05, 4.69) is 15.0 Å². The second-order valence-electron chi connectivity index (χ2n) is 5.89. The molecule has 134 valence electrons. The zero-order valence-electron chi connectivity index (χ0n) is 14.2. The molecular weight excluding hydrogens is 364 g/mol. The Kier molecular flexibility index (Phi) is 4.98. The van der Waals surface area contributed by atoms with Gasteiger partial charge in [0.1, 0.15) is 11.6 Å². The number of hydrogen-bond acceptors (Lipinski definition) is 3. The van der Waals surface area contributed by atoms with Gasteiger partial charge in [0.15, 0.2) is 5.16 Å². The number of benzene rings is 2. The first-order valence-corrected chi connectivity index (χ1v) is 9.32. The molecule has 0 atom stereocenters. The summed E-state index contributed by atoms with van der Waals surface area (Å²) in [7, 11) is 0. The Labute approximate surface area is 159 Å². The third-order valence-corrected chi connectivity index (χ3v) is 4.92. The van der Waals surface area contributed by atoms with Crippen molar-refractivity contribution in [2.45, 2.75) is 10.9 Å². The van der Waals surface area contributed by atoms with Crippen molar-refractivity contribution < 1.29 is 8.78 Å².